The zero-order valence-corrected chi connectivity index (χ0v) is 17.9. The normalized spacial score (nSPS) is 12.0. The number of aliphatic hydroxyl groups is 2. The van der Waals surface area contributed by atoms with Gasteiger partial charge in [-0.05, 0) is 28.8 Å². The van der Waals surface area contributed by atoms with E-state index in [9.17, 15) is 10.2 Å². The summed E-state index contributed by atoms with van der Waals surface area (Å²) in [5.41, 5.74) is 0.412. The Balaban J connectivity index is 2.32. The summed E-state index contributed by atoms with van der Waals surface area (Å²) < 4.78 is 12.0. The molecular formula is C24H25BrO4. The SMILES string of the molecule is COc1ccc(C(OC(CO)(CO)CBr)(c2ccccc2)c2ccccc2)cc1. The number of methoxy groups -OCH3 is 1. The predicted molar refractivity (Wildman–Crippen MR) is 118 cm³/mol. The van der Waals surface area contributed by atoms with Gasteiger partial charge in [0.1, 0.15) is 17.0 Å². The van der Waals surface area contributed by atoms with Gasteiger partial charge in [-0.25, -0.2) is 0 Å². The minimum atomic E-state index is -1.19. The van der Waals surface area contributed by atoms with E-state index in [4.69, 9.17) is 9.47 Å². The molecule has 0 fully saturated rings. The molecule has 4 nitrogen and oxygen atoms in total. The van der Waals surface area contributed by atoms with Crippen molar-refractivity contribution in [2.45, 2.75) is 11.2 Å². The second-order valence-electron chi connectivity index (χ2n) is 6.88. The van der Waals surface area contributed by atoms with Crippen LogP contribution in [0.2, 0.25) is 0 Å². The molecule has 0 bridgehead atoms. The summed E-state index contributed by atoms with van der Waals surface area (Å²) in [5, 5.41) is 20.5. The molecule has 0 aliphatic carbocycles. The lowest BCUT2D eigenvalue weighted by Gasteiger charge is -2.43. The summed E-state index contributed by atoms with van der Waals surface area (Å²) in [6.45, 7) is -0.682. The van der Waals surface area contributed by atoms with Crippen molar-refractivity contribution in [1.29, 1.82) is 0 Å². The van der Waals surface area contributed by atoms with Crippen LogP contribution in [0.15, 0.2) is 84.9 Å². The van der Waals surface area contributed by atoms with Gasteiger partial charge in [0.2, 0.25) is 0 Å². The lowest BCUT2D eigenvalue weighted by Crippen LogP contribution is -2.50. The molecule has 0 aliphatic heterocycles. The molecule has 0 aliphatic rings. The number of hydrogen-bond donors (Lipinski definition) is 2. The van der Waals surface area contributed by atoms with E-state index in [1.54, 1.807) is 7.11 Å². The third-order valence-electron chi connectivity index (χ3n) is 5.05. The van der Waals surface area contributed by atoms with Crippen molar-refractivity contribution < 1.29 is 19.7 Å². The highest BCUT2D eigenvalue weighted by molar-refractivity contribution is 9.09. The number of aliphatic hydroxyl groups excluding tert-OH is 2. The summed E-state index contributed by atoms with van der Waals surface area (Å²) >= 11 is 3.42. The summed E-state index contributed by atoms with van der Waals surface area (Å²) in [6.07, 6.45) is 0. The first-order valence-electron chi connectivity index (χ1n) is 9.37. The maximum atomic E-state index is 10.1. The van der Waals surface area contributed by atoms with Crippen molar-refractivity contribution in [3.8, 4) is 5.75 Å². The van der Waals surface area contributed by atoms with Gasteiger partial charge in [0.05, 0.1) is 20.3 Å². The van der Waals surface area contributed by atoms with E-state index < -0.39 is 11.2 Å². The van der Waals surface area contributed by atoms with Crippen molar-refractivity contribution in [3.63, 3.8) is 0 Å². The molecule has 0 saturated carbocycles. The van der Waals surface area contributed by atoms with Gasteiger partial charge in [0.25, 0.3) is 0 Å². The van der Waals surface area contributed by atoms with Crippen LogP contribution in [0.5, 0.6) is 5.75 Å². The average Bonchev–Trinajstić information content (AvgIpc) is 2.82. The van der Waals surface area contributed by atoms with Crippen molar-refractivity contribution >= 4 is 15.9 Å². The fourth-order valence-corrected chi connectivity index (χ4v) is 3.87. The molecule has 0 amide bonds. The fraction of sp³-hybridized carbons (Fsp3) is 0.250. The Hall–Kier alpha value is -2.18. The first kappa shape index (κ1) is 21.5. The quantitative estimate of drug-likeness (QED) is 0.375. The van der Waals surface area contributed by atoms with Crippen LogP contribution < -0.4 is 4.74 Å². The minimum absolute atomic E-state index is 0.268. The first-order valence-corrected chi connectivity index (χ1v) is 10.5. The molecule has 0 radical (unpaired) electrons. The third kappa shape index (κ3) is 4.23. The standard InChI is InChI=1S/C24H25BrO4/c1-28-22-14-12-21(13-15-22)24(19-8-4-2-5-9-19,20-10-6-3-7-11-20)29-23(16-25,17-26)18-27/h2-15,26-27H,16-18H2,1H3. The molecule has 0 spiro atoms. The summed E-state index contributed by atoms with van der Waals surface area (Å²) in [4.78, 5) is 0. The van der Waals surface area contributed by atoms with Gasteiger partial charge in [-0.15, -0.1) is 0 Å². The van der Waals surface area contributed by atoms with Gasteiger partial charge in [-0.2, -0.15) is 0 Å². The smallest absolute Gasteiger partial charge is 0.144 e. The van der Waals surface area contributed by atoms with Crippen LogP contribution in [-0.4, -0.2) is 41.5 Å². The zero-order chi connectivity index (χ0) is 20.7. The molecule has 0 saturated heterocycles. The Morgan fingerprint density at radius 2 is 1.17 bits per heavy atom. The Morgan fingerprint density at radius 3 is 1.55 bits per heavy atom. The van der Waals surface area contributed by atoms with E-state index in [0.29, 0.717) is 0 Å². The predicted octanol–water partition coefficient (Wildman–Crippen LogP) is 4.12. The van der Waals surface area contributed by atoms with Crippen LogP contribution in [0.1, 0.15) is 16.7 Å². The molecule has 29 heavy (non-hydrogen) atoms. The van der Waals surface area contributed by atoms with E-state index >= 15 is 0 Å². The van der Waals surface area contributed by atoms with E-state index in [2.05, 4.69) is 15.9 Å². The maximum absolute atomic E-state index is 10.1. The third-order valence-corrected chi connectivity index (χ3v) is 6.07. The summed E-state index contributed by atoms with van der Waals surface area (Å²) in [7, 11) is 1.63. The summed E-state index contributed by atoms with van der Waals surface area (Å²) in [5.74, 6) is 0.736. The molecule has 0 atom stereocenters. The monoisotopic (exact) mass is 456 g/mol. The molecule has 2 N–H and O–H groups in total. The fourth-order valence-electron chi connectivity index (χ4n) is 3.40. The van der Waals surface area contributed by atoms with Crippen molar-refractivity contribution in [2.75, 3.05) is 25.7 Å². The molecule has 5 heteroatoms. The Kier molecular flexibility index (Phi) is 7.09. The molecule has 3 rings (SSSR count). The van der Waals surface area contributed by atoms with E-state index in [-0.39, 0.29) is 18.5 Å². The molecule has 0 unspecified atom stereocenters. The van der Waals surface area contributed by atoms with E-state index in [1.165, 1.54) is 0 Å². The van der Waals surface area contributed by atoms with Gasteiger partial charge < -0.3 is 19.7 Å². The number of hydrogen-bond acceptors (Lipinski definition) is 4. The van der Waals surface area contributed by atoms with Gasteiger partial charge in [0.15, 0.2) is 0 Å². The van der Waals surface area contributed by atoms with Crippen LogP contribution in [0.3, 0.4) is 0 Å². The maximum Gasteiger partial charge on any atom is 0.144 e. The van der Waals surface area contributed by atoms with E-state index in [0.717, 1.165) is 22.4 Å². The second-order valence-corrected chi connectivity index (χ2v) is 7.44. The Morgan fingerprint density at radius 1 is 0.724 bits per heavy atom. The highest BCUT2D eigenvalue weighted by Gasteiger charge is 2.45. The largest absolute Gasteiger partial charge is 0.497 e. The lowest BCUT2D eigenvalue weighted by atomic mass is 9.79. The van der Waals surface area contributed by atoms with Gasteiger partial charge >= 0.3 is 0 Å². The van der Waals surface area contributed by atoms with Crippen molar-refractivity contribution in [2.24, 2.45) is 0 Å². The number of ether oxygens (including phenoxy) is 2. The second kappa shape index (κ2) is 9.55. The summed E-state index contributed by atoms with van der Waals surface area (Å²) in [6, 6.07) is 27.3. The lowest BCUT2D eigenvalue weighted by molar-refractivity contribution is -0.151. The van der Waals surface area contributed by atoms with Crippen LogP contribution in [0, 0.1) is 0 Å². The Bertz CT molecular complexity index is 830. The molecule has 0 aromatic heterocycles. The van der Waals surface area contributed by atoms with Crippen LogP contribution in [-0.2, 0) is 10.3 Å². The molecule has 152 valence electrons. The molecule has 3 aromatic carbocycles. The highest BCUT2D eigenvalue weighted by atomic mass is 79.9. The molecule has 0 heterocycles. The van der Waals surface area contributed by atoms with Crippen molar-refractivity contribution in [1.82, 2.24) is 0 Å². The number of alkyl halides is 1. The molecular weight excluding hydrogens is 432 g/mol. The zero-order valence-electron chi connectivity index (χ0n) is 16.3. The van der Waals surface area contributed by atoms with Gasteiger partial charge in [-0.1, -0.05) is 88.7 Å². The van der Waals surface area contributed by atoms with Crippen LogP contribution in [0.4, 0.5) is 0 Å². The average molecular weight is 457 g/mol. The molecule has 3 aromatic rings. The van der Waals surface area contributed by atoms with E-state index in [1.807, 2.05) is 84.9 Å². The first-order chi connectivity index (χ1) is 14.1. The van der Waals surface area contributed by atoms with Crippen LogP contribution >= 0.6 is 15.9 Å². The number of rotatable bonds is 9. The topological polar surface area (TPSA) is 58.9 Å². The number of benzene rings is 3. The minimum Gasteiger partial charge on any atom is -0.497 e. The number of halogens is 1. The van der Waals surface area contributed by atoms with Gasteiger partial charge in [0, 0.05) is 5.33 Å². The Labute approximate surface area is 179 Å². The highest BCUT2D eigenvalue weighted by Crippen LogP contribution is 2.44. The van der Waals surface area contributed by atoms with Crippen molar-refractivity contribution in [3.05, 3.63) is 102 Å². The van der Waals surface area contributed by atoms with Crippen LogP contribution in [0.25, 0.3) is 0 Å². The van der Waals surface area contributed by atoms with Gasteiger partial charge in [-0.3, -0.25) is 0 Å².